The number of carbonyl (C=O) groups excluding carboxylic acids is 1. The molecule has 0 aromatic heterocycles. The molecule has 0 atom stereocenters. The van der Waals surface area contributed by atoms with Crippen LogP contribution in [0.1, 0.15) is 23.2 Å². The number of benzene rings is 1. The Balaban J connectivity index is 2.05. The first-order valence-electron chi connectivity index (χ1n) is 5.89. The maximum atomic E-state index is 13.1. The Morgan fingerprint density at radius 1 is 1.44 bits per heavy atom. The van der Waals surface area contributed by atoms with Crippen molar-refractivity contribution in [3.05, 3.63) is 34.1 Å². The van der Waals surface area contributed by atoms with E-state index in [-0.39, 0.29) is 17.8 Å². The Kier molecular flexibility index (Phi) is 4.35. The quantitative estimate of drug-likeness (QED) is 0.840. The van der Waals surface area contributed by atoms with Crippen LogP contribution in [-0.2, 0) is 4.74 Å². The third kappa shape index (κ3) is 2.90. The Morgan fingerprint density at radius 3 is 2.67 bits per heavy atom. The average Bonchev–Trinajstić information content (AvgIpc) is 2.41. The lowest BCUT2D eigenvalue weighted by Gasteiger charge is -2.31. The van der Waals surface area contributed by atoms with Crippen LogP contribution in [0.5, 0.6) is 0 Å². The number of amides is 1. The predicted octanol–water partition coefficient (Wildman–Crippen LogP) is 2.84. The highest BCUT2D eigenvalue weighted by molar-refractivity contribution is 9.10. The Hall–Kier alpha value is -0.940. The number of halogens is 2. The molecule has 1 heterocycles. The Bertz CT molecular complexity index is 445. The van der Waals surface area contributed by atoms with E-state index >= 15 is 0 Å². The van der Waals surface area contributed by atoms with Crippen LogP contribution in [0.15, 0.2) is 22.7 Å². The molecule has 1 aliphatic heterocycles. The lowest BCUT2D eigenvalue weighted by atomic mass is 10.1. The number of hydrogen-bond acceptors (Lipinski definition) is 2. The van der Waals surface area contributed by atoms with Crippen molar-refractivity contribution in [2.75, 3.05) is 20.2 Å². The molecule has 3 nitrogen and oxygen atoms in total. The second-order valence-corrected chi connectivity index (χ2v) is 5.21. The second kappa shape index (κ2) is 5.80. The van der Waals surface area contributed by atoms with Gasteiger partial charge in [-0.3, -0.25) is 4.79 Å². The molecule has 0 radical (unpaired) electrons. The number of rotatable bonds is 2. The van der Waals surface area contributed by atoms with Gasteiger partial charge in [0, 0.05) is 25.8 Å². The molecule has 0 spiro atoms. The fourth-order valence-corrected chi connectivity index (χ4v) is 2.49. The van der Waals surface area contributed by atoms with Crippen molar-refractivity contribution in [2.45, 2.75) is 18.9 Å². The molecule has 0 unspecified atom stereocenters. The van der Waals surface area contributed by atoms with Crippen molar-refractivity contribution >= 4 is 21.8 Å². The number of nitrogens with zero attached hydrogens (tertiary/aromatic N) is 1. The van der Waals surface area contributed by atoms with Gasteiger partial charge in [0.25, 0.3) is 5.91 Å². The first kappa shape index (κ1) is 13.5. The van der Waals surface area contributed by atoms with Gasteiger partial charge in [0.2, 0.25) is 0 Å². The molecule has 18 heavy (non-hydrogen) atoms. The highest BCUT2D eigenvalue weighted by atomic mass is 79.9. The topological polar surface area (TPSA) is 29.5 Å². The molecule has 5 heteroatoms. The lowest BCUT2D eigenvalue weighted by Crippen LogP contribution is -2.40. The number of methoxy groups -OCH3 is 1. The van der Waals surface area contributed by atoms with Gasteiger partial charge in [0.15, 0.2) is 0 Å². The van der Waals surface area contributed by atoms with Gasteiger partial charge in [0.05, 0.1) is 10.6 Å². The zero-order valence-corrected chi connectivity index (χ0v) is 11.7. The van der Waals surface area contributed by atoms with Gasteiger partial charge in [-0.2, -0.15) is 0 Å². The maximum Gasteiger partial charge on any atom is 0.253 e. The fourth-order valence-electron chi connectivity index (χ4n) is 2.11. The molecule has 1 aromatic carbocycles. The summed E-state index contributed by atoms with van der Waals surface area (Å²) in [4.78, 5) is 14.0. The first-order chi connectivity index (χ1) is 8.61. The predicted molar refractivity (Wildman–Crippen MR) is 70.0 cm³/mol. The highest BCUT2D eigenvalue weighted by Crippen LogP contribution is 2.20. The van der Waals surface area contributed by atoms with Crippen molar-refractivity contribution in [3.63, 3.8) is 0 Å². The lowest BCUT2D eigenvalue weighted by molar-refractivity contribution is 0.0350. The summed E-state index contributed by atoms with van der Waals surface area (Å²) < 4.78 is 18.7. The maximum absolute atomic E-state index is 13.1. The van der Waals surface area contributed by atoms with Crippen LogP contribution in [0.4, 0.5) is 4.39 Å². The molecule has 0 N–H and O–H groups in total. The van der Waals surface area contributed by atoms with Crippen LogP contribution in [0.3, 0.4) is 0 Å². The molecule has 1 fully saturated rings. The Labute approximate surface area is 114 Å². The molecule has 0 aliphatic carbocycles. The van der Waals surface area contributed by atoms with Gasteiger partial charge in [-0.1, -0.05) is 0 Å². The third-order valence-electron chi connectivity index (χ3n) is 3.23. The van der Waals surface area contributed by atoms with Crippen LogP contribution < -0.4 is 0 Å². The van der Waals surface area contributed by atoms with E-state index < -0.39 is 0 Å². The van der Waals surface area contributed by atoms with Crippen LogP contribution >= 0.6 is 15.9 Å². The van der Waals surface area contributed by atoms with Crippen molar-refractivity contribution in [1.29, 1.82) is 0 Å². The van der Waals surface area contributed by atoms with E-state index in [0.717, 1.165) is 12.8 Å². The van der Waals surface area contributed by atoms with Gasteiger partial charge in [-0.15, -0.1) is 0 Å². The van der Waals surface area contributed by atoms with E-state index in [2.05, 4.69) is 15.9 Å². The number of likely N-dealkylation sites (tertiary alicyclic amines) is 1. The van der Waals surface area contributed by atoms with E-state index in [9.17, 15) is 9.18 Å². The zero-order chi connectivity index (χ0) is 13.1. The van der Waals surface area contributed by atoms with Gasteiger partial charge in [-0.25, -0.2) is 4.39 Å². The van der Waals surface area contributed by atoms with Crippen LogP contribution in [-0.4, -0.2) is 37.1 Å². The summed E-state index contributed by atoms with van der Waals surface area (Å²) in [5.74, 6) is -0.408. The summed E-state index contributed by atoms with van der Waals surface area (Å²) in [7, 11) is 1.69. The molecule has 0 bridgehead atoms. The minimum Gasteiger partial charge on any atom is -0.381 e. The molecule has 1 aliphatic rings. The number of hydrogen-bond donors (Lipinski definition) is 0. The molecule has 98 valence electrons. The van der Waals surface area contributed by atoms with Gasteiger partial charge >= 0.3 is 0 Å². The second-order valence-electron chi connectivity index (χ2n) is 4.36. The van der Waals surface area contributed by atoms with Crippen LogP contribution in [0, 0.1) is 5.82 Å². The first-order valence-corrected chi connectivity index (χ1v) is 6.68. The smallest absolute Gasteiger partial charge is 0.253 e. The van der Waals surface area contributed by atoms with Crippen molar-refractivity contribution in [2.24, 2.45) is 0 Å². The van der Waals surface area contributed by atoms with E-state index in [1.807, 2.05) is 0 Å². The molecule has 0 saturated carbocycles. The average molecular weight is 316 g/mol. The van der Waals surface area contributed by atoms with E-state index in [0.29, 0.717) is 23.1 Å². The molecule has 1 amide bonds. The summed E-state index contributed by atoms with van der Waals surface area (Å²) >= 11 is 3.09. The standard InChI is InChI=1S/C13H15BrFNO2/c1-18-10-4-6-16(7-5-10)13(17)9-2-3-12(15)11(14)8-9/h2-3,8,10H,4-7H2,1H3. The summed E-state index contributed by atoms with van der Waals surface area (Å²) in [6.45, 7) is 1.37. The summed E-state index contributed by atoms with van der Waals surface area (Å²) in [6.07, 6.45) is 1.95. The van der Waals surface area contributed by atoms with Gasteiger partial charge in [0.1, 0.15) is 5.82 Å². The van der Waals surface area contributed by atoms with Crippen LogP contribution in [0.25, 0.3) is 0 Å². The number of ether oxygens (including phenoxy) is 1. The SMILES string of the molecule is COC1CCN(C(=O)c2ccc(F)c(Br)c2)CC1. The normalized spacial score (nSPS) is 16.9. The summed E-state index contributed by atoms with van der Waals surface area (Å²) in [5, 5.41) is 0. The number of piperidine rings is 1. The minimum absolute atomic E-state index is 0.0507. The summed E-state index contributed by atoms with van der Waals surface area (Å²) in [6, 6.07) is 4.35. The summed E-state index contributed by atoms with van der Waals surface area (Å²) in [5.41, 5.74) is 0.513. The highest BCUT2D eigenvalue weighted by Gasteiger charge is 2.23. The van der Waals surface area contributed by atoms with E-state index in [1.54, 1.807) is 12.0 Å². The van der Waals surface area contributed by atoms with E-state index in [4.69, 9.17) is 4.74 Å². The van der Waals surface area contributed by atoms with Gasteiger partial charge < -0.3 is 9.64 Å². The van der Waals surface area contributed by atoms with Crippen molar-refractivity contribution < 1.29 is 13.9 Å². The van der Waals surface area contributed by atoms with Crippen LogP contribution in [0.2, 0.25) is 0 Å². The third-order valence-corrected chi connectivity index (χ3v) is 3.84. The van der Waals surface area contributed by atoms with Gasteiger partial charge in [-0.05, 0) is 47.0 Å². The molecule has 1 aromatic rings. The molecule has 2 rings (SSSR count). The Morgan fingerprint density at radius 2 is 2.11 bits per heavy atom. The molecule has 1 saturated heterocycles. The van der Waals surface area contributed by atoms with Crippen molar-refractivity contribution in [3.8, 4) is 0 Å². The molecular weight excluding hydrogens is 301 g/mol. The molecular formula is C13H15BrFNO2. The monoisotopic (exact) mass is 315 g/mol. The number of carbonyl (C=O) groups is 1. The van der Waals surface area contributed by atoms with Crippen molar-refractivity contribution in [1.82, 2.24) is 4.90 Å². The largest absolute Gasteiger partial charge is 0.381 e. The zero-order valence-electron chi connectivity index (χ0n) is 10.2. The fraction of sp³-hybridized carbons (Fsp3) is 0.462. The minimum atomic E-state index is -0.357. The van der Waals surface area contributed by atoms with E-state index in [1.165, 1.54) is 18.2 Å².